The maximum absolute atomic E-state index is 12.7. The second-order valence-electron chi connectivity index (χ2n) is 5.53. The van der Waals surface area contributed by atoms with Crippen molar-refractivity contribution in [2.45, 2.75) is 32.4 Å². The Kier molecular flexibility index (Phi) is 7.04. The minimum atomic E-state index is -0.743. The SMILES string of the molecule is C=CCOc1ccc(-c2ccc(C#CCCCC(C)F)cc2)nc1. The summed E-state index contributed by atoms with van der Waals surface area (Å²) >= 11 is 0. The molecule has 0 aliphatic heterocycles. The molecular formula is C21H22FNO. The molecule has 0 bridgehead atoms. The van der Waals surface area contributed by atoms with E-state index in [0.29, 0.717) is 13.0 Å². The van der Waals surface area contributed by atoms with Crippen LogP contribution in [0.1, 0.15) is 31.7 Å². The van der Waals surface area contributed by atoms with E-state index in [1.54, 1.807) is 19.2 Å². The van der Waals surface area contributed by atoms with E-state index in [1.807, 2.05) is 36.4 Å². The Morgan fingerprint density at radius 2 is 2.04 bits per heavy atom. The number of nitrogens with zero attached hydrogens (tertiary/aromatic N) is 1. The minimum absolute atomic E-state index is 0.471. The van der Waals surface area contributed by atoms with Gasteiger partial charge in [0.25, 0.3) is 0 Å². The highest BCUT2D eigenvalue weighted by Crippen LogP contribution is 2.20. The molecule has 0 fully saturated rings. The maximum Gasteiger partial charge on any atom is 0.138 e. The molecule has 0 saturated carbocycles. The summed E-state index contributed by atoms with van der Waals surface area (Å²) in [5, 5.41) is 0. The number of alkyl halides is 1. The third kappa shape index (κ3) is 5.89. The van der Waals surface area contributed by atoms with Crippen LogP contribution in [0, 0.1) is 11.8 Å². The zero-order chi connectivity index (χ0) is 17.2. The Morgan fingerprint density at radius 3 is 2.67 bits per heavy atom. The zero-order valence-corrected chi connectivity index (χ0v) is 14.0. The van der Waals surface area contributed by atoms with Crippen LogP contribution in [-0.4, -0.2) is 17.8 Å². The van der Waals surface area contributed by atoms with Gasteiger partial charge in [0.2, 0.25) is 0 Å². The summed E-state index contributed by atoms with van der Waals surface area (Å²) in [4.78, 5) is 4.40. The van der Waals surface area contributed by atoms with Crippen LogP contribution < -0.4 is 4.74 Å². The Balaban J connectivity index is 1.94. The number of hydrogen-bond acceptors (Lipinski definition) is 2. The fourth-order valence-corrected chi connectivity index (χ4v) is 2.15. The summed E-state index contributed by atoms with van der Waals surface area (Å²) in [6, 6.07) is 11.8. The monoisotopic (exact) mass is 323 g/mol. The molecule has 0 N–H and O–H groups in total. The summed E-state index contributed by atoms with van der Waals surface area (Å²) in [5.74, 6) is 6.92. The molecule has 0 aliphatic carbocycles. The first-order valence-corrected chi connectivity index (χ1v) is 8.12. The van der Waals surface area contributed by atoms with Gasteiger partial charge in [-0.05, 0) is 44.0 Å². The quantitative estimate of drug-likeness (QED) is 0.397. The van der Waals surface area contributed by atoms with E-state index in [0.717, 1.165) is 35.4 Å². The van der Waals surface area contributed by atoms with Gasteiger partial charge in [-0.2, -0.15) is 0 Å². The van der Waals surface area contributed by atoms with Crippen molar-refractivity contribution in [1.29, 1.82) is 0 Å². The van der Waals surface area contributed by atoms with Crippen molar-refractivity contribution in [3.8, 4) is 28.8 Å². The average Bonchev–Trinajstić information content (AvgIpc) is 2.60. The number of aromatic nitrogens is 1. The van der Waals surface area contributed by atoms with E-state index < -0.39 is 6.17 Å². The number of hydrogen-bond donors (Lipinski definition) is 0. The summed E-state index contributed by atoms with van der Waals surface area (Å²) in [7, 11) is 0. The first kappa shape index (κ1) is 17.7. The summed E-state index contributed by atoms with van der Waals surface area (Å²) in [6.07, 6.45) is 4.76. The summed E-state index contributed by atoms with van der Waals surface area (Å²) in [5.41, 5.74) is 2.87. The minimum Gasteiger partial charge on any atom is -0.488 e. The van der Waals surface area contributed by atoms with Crippen LogP contribution in [0.2, 0.25) is 0 Å². The molecule has 3 heteroatoms. The second-order valence-corrected chi connectivity index (χ2v) is 5.53. The van der Waals surface area contributed by atoms with E-state index in [9.17, 15) is 4.39 Å². The Morgan fingerprint density at radius 1 is 1.25 bits per heavy atom. The molecule has 2 nitrogen and oxygen atoms in total. The molecule has 0 saturated heterocycles. The van der Waals surface area contributed by atoms with E-state index in [4.69, 9.17) is 4.74 Å². The van der Waals surface area contributed by atoms with Crippen LogP contribution in [0.4, 0.5) is 4.39 Å². The van der Waals surface area contributed by atoms with Gasteiger partial charge in [0, 0.05) is 17.5 Å². The number of halogens is 1. The van der Waals surface area contributed by atoms with Gasteiger partial charge in [-0.25, -0.2) is 4.39 Å². The van der Waals surface area contributed by atoms with Crippen LogP contribution >= 0.6 is 0 Å². The molecule has 0 aliphatic rings. The van der Waals surface area contributed by atoms with Gasteiger partial charge in [0.1, 0.15) is 12.4 Å². The molecule has 2 rings (SSSR count). The third-order valence-corrected chi connectivity index (χ3v) is 3.42. The number of ether oxygens (including phenoxy) is 1. The van der Waals surface area contributed by atoms with E-state index in [1.165, 1.54) is 0 Å². The van der Waals surface area contributed by atoms with Crippen LogP contribution in [0.25, 0.3) is 11.3 Å². The van der Waals surface area contributed by atoms with Gasteiger partial charge in [-0.15, -0.1) is 0 Å². The molecule has 24 heavy (non-hydrogen) atoms. The lowest BCUT2D eigenvalue weighted by Gasteiger charge is -2.04. The largest absolute Gasteiger partial charge is 0.488 e. The molecule has 1 aromatic carbocycles. The Hall–Kier alpha value is -2.60. The highest BCUT2D eigenvalue weighted by Gasteiger charge is 2.00. The first-order valence-electron chi connectivity index (χ1n) is 8.12. The molecule has 1 heterocycles. The first-order chi connectivity index (χ1) is 11.7. The van der Waals surface area contributed by atoms with Crippen LogP contribution in [0.5, 0.6) is 5.75 Å². The number of rotatable bonds is 7. The fraction of sp³-hybridized carbons (Fsp3) is 0.286. The van der Waals surface area contributed by atoms with Crippen molar-refractivity contribution in [2.24, 2.45) is 0 Å². The predicted molar refractivity (Wildman–Crippen MR) is 96.7 cm³/mol. The Bertz CT molecular complexity index is 693. The lowest BCUT2D eigenvalue weighted by atomic mass is 10.1. The van der Waals surface area contributed by atoms with Gasteiger partial charge >= 0.3 is 0 Å². The molecule has 0 radical (unpaired) electrons. The number of unbranched alkanes of at least 4 members (excludes halogenated alkanes) is 1. The third-order valence-electron chi connectivity index (χ3n) is 3.42. The van der Waals surface area contributed by atoms with E-state index in [2.05, 4.69) is 23.4 Å². The summed E-state index contributed by atoms with van der Waals surface area (Å²) in [6.45, 7) is 5.67. The van der Waals surface area contributed by atoms with Crippen molar-refractivity contribution >= 4 is 0 Å². The average molecular weight is 323 g/mol. The number of benzene rings is 1. The highest BCUT2D eigenvalue weighted by atomic mass is 19.1. The molecule has 1 unspecified atom stereocenters. The standard InChI is InChI=1S/C21H22FNO/c1-3-15-24-20-13-14-21(23-16-20)19-11-9-18(10-12-19)8-6-4-5-7-17(2)22/h3,9-14,16-17H,1,4-5,7,15H2,2H3. The van der Waals surface area contributed by atoms with Gasteiger partial charge in [0.05, 0.1) is 18.1 Å². The maximum atomic E-state index is 12.7. The van der Waals surface area contributed by atoms with Crippen LogP contribution in [0.3, 0.4) is 0 Å². The molecule has 2 aromatic rings. The number of pyridine rings is 1. The molecule has 1 aromatic heterocycles. The van der Waals surface area contributed by atoms with E-state index >= 15 is 0 Å². The highest BCUT2D eigenvalue weighted by molar-refractivity contribution is 5.60. The normalized spacial score (nSPS) is 11.2. The smallest absolute Gasteiger partial charge is 0.138 e. The van der Waals surface area contributed by atoms with Crippen molar-refractivity contribution in [3.05, 3.63) is 60.8 Å². The van der Waals surface area contributed by atoms with E-state index in [-0.39, 0.29) is 0 Å². The predicted octanol–water partition coefficient (Wildman–Crippen LogP) is 5.19. The van der Waals surface area contributed by atoms with Gasteiger partial charge < -0.3 is 4.74 Å². The topological polar surface area (TPSA) is 22.1 Å². The van der Waals surface area contributed by atoms with Crippen LogP contribution in [-0.2, 0) is 0 Å². The van der Waals surface area contributed by atoms with Crippen LogP contribution in [0.15, 0.2) is 55.3 Å². The van der Waals surface area contributed by atoms with Gasteiger partial charge in [-0.1, -0.05) is 36.6 Å². The van der Waals surface area contributed by atoms with Gasteiger partial charge in [-0.3, -0.25) is 4.98 Å². The second kappa shape index (κ2) is 9.52. The lowest BCUT2D eigenvalue weighted by Crippen LogP contribution is -1.93. The molecule has 124 valence electrons. The van der Waals surface area contributed by atoms with Crippen molar-refractivity contribution in [2.75, 3.05) is 6.61 Å². The Labute approximate surface area is 143 Å². The molecule has 0 amide bonds. The van der Waals surface area contributed by atoms with Gasteiger partial charge in [0.15, 0.2) is 0 Å². The fourth-order valence-electron chi connectivity index (χ4n) is 2.15. The lowest BCUT2D eigenvalue weighted by molar-refractivity contribution is 0.336. The molecule has 0 spiro atoms. The zero-order valence-electron chi connectivity index (χ0n) is 14.0. The van der Waals surface area contributed by atoms with Crippen molar-refractivity contribution < 1.29 is 9.13 Å². The molecule has 1 atom stereocenters. The molecular weight excluding hydrogens is 301 g/mol. The summed E-state index contributed by atoms with van der Waals surface area (Å²) < 4.78 is 18.1. The van der Waals surface area contributed by atoms with Crippen molar-refractivity contribution in [3.63, 3.8) is 0 Å². The van der Waals surface area contributed by atoms with Crippen molar-refractivity contribution in [1.82, 2.24) is 4.98 Å².